The molecule has 1 aromatic rings. The van der Waals surface area contributed by atoms with Crippen molar-refractivity contribution in [3.63, 3.8) is 0 Å². The van der Waals surface area contributed by atoms with Crippen molar-refractivity contribution in [2.75, 3.05) is 84.7 Å². The van der Waals surface area contributed by atoms with Crippen molar-refractivity contribution in [2.45, 2.75) is 62.5 Å². The van der Waals surface area contributed by atoms with Crippen LogP contribution in [0.4, 0.5) is 10.3 Å². The summed E-state index contributed by atoms with van der Waals surface area (Å²) in [6.07, 6.45) is 13.0. The molecule has 5 atom stereocenters. The third-order valence-corrected chi connectivity index (χ3v) is 10.7. The first-order chi connectivity index (χ1) is 24.4. The number of carbonyl (C=O) groups is 1. The number of carbonyl (C=O) groups excluding carboxylic acids is 1. The Hall–Kier alpha value is -3.74. The van der Waals surface area contributed by atoms with E-state index in [1.54, 1.807) is 18.0 Å². The highest BCUT2D eigenvalue weighted by atomic mass is 19.1. The Labute approximate surface area is 293 Å². The number of nitrogens with zero attached hydrogens (tertiary/aromatic N) is 8. The van der Waals surface area contributed by atoms with Crippen LogP contribution in [0, 0.1) is 17.2 Å². The second kappa shape index (κ2) is 16.1. The van der Waals surface area contributed by atoms with E-state index in [-0.39, 0.29) is 24.5 Å². The van der Waals surface area contributed by atoms with Crippen molar-refractivity contribution in [3.05, 3.63) is 53.9 Å². The molecule has 0 radical (unpaired) electrons. The summed E-state index contributed by atoms with van der Waals surface area (Å²) in [6.45, 7) is 8.66. The van der Waals surface area contributed by atoms with Crippen LogP contribution < -0.4 is 5.32 Å². The van der Waals surface area contributed by atoms with Gasteiger partial charge in [-0.1, -0.05) is 24.3 Å². The number of amides is 1. The van der Waals surface area contributed by atoms with E-state index in [0.717, 1.165) is 64.4 Å². The first kappa shape index (κ1) is 34.7. The fourth-order valence-electron chi connectivity index (χ4n) is 7.39. The van der Waals surface area contributed by atoms with Gasteiger partial charge in [0, 0.05) is 59.3 Å². The first-order valence-corrected chi connectivity index (χ1v) is 18.0. The van der Waals surface area contributed by atoms with Gasteiger partial charge in [-0.05, 0) is 42.9 Å². The molecule has 14 heteroatoms. The van der Waals surface area contributed by atoms with Gasteiger partial charge < -0.3 is 24.4 Å². The molecule has 0 aromatic carbocycles. The van der Waals surface area contributed by atoms with Crippen LogP contribution in [0.2, 0.25) is 0 Å². The highest BCUT2D eigenvalue weighted by Gasteiger charge is 2.35. The zero-order chi connectivity index (χ0) is 34.5. The number of alkyl halides is 1. The number of anilines is 1. The van der Waals surface area contributed by atoms with Crippen LogP contribution in [0.5, 0.6) is 0 Å². The van der Waals surface area contributed by atoms with Crippen molar-refractivity contribution in [1.82, 2.24) is 34.6 Å². The number of hydrogen-bond donors (Lipinski definition) is 1. The minimum absolute atomic E-state index is 0.0721. The van der Waals surface area contributed by atoms with Crippen LogP contribution in [-0.2, 0) is 19.0 Å². The molecule has 7 rings (SSSR count). The van der Waals surface area contributed by atoms with Gasteiger partial charge in [-0.25, -0.2) is 14.4 Å². The first-order valence-electron chi connectivity index (χ1n) is 18.0. The molecule has 4 fully saturated rings. The lowest BCUT2D eigenvalue weighted by Crippen LogP contribution is -2.56. The van der Waals surface area contributed by atoms with Crippen LogP contribution in [0.25, 0.3) is 5.57 Å². The number of nitriles is 1. The minimum Gasteiger partial charge on any atom is -0.490 e. The fourth-order valence-corrected chi connectivity index (χ4v) is 7.39. The monoisotopic (exact) mass is 689 g/mol. The van der Waals surface area contributed by atoms with Gasteiger partial charge in [0.05, 0.1) is 50.7 Å². The number of likely N-dealkylation sites (N-methyl/N-ethyl adjacent to an activating group) is 1. The van der Waals surface area contributed by atoms with E-state index >= 15 is 4.39 Å². The third-order valence-electron chi connectivity index (χ3n) is 10.7. The molecule has 2 aliphatic carbocycles. The van der Waals surface area contributed by atoms with Crippen LogP contribution in [-0.4, -0.2) is 150 Å². The molecular weight excluding hydrogens is 641 g/mol. The van der Waals surface area contributed by atoms with Gasteiger partial charge in [0.15, 0.2) is 5.82 Å². The van der Waals surface area contributed by atoms with Gasteiger partial charge in [0.1, 0.15) is 30.3 Å². The molecule has 1 N–H and O–H groups in total. The number of aromatic nitrogens is 3. The van der Waals surface area contributed by atoms with Gasteiger partial charge >= 0.3 is 0 Å². The quantitative estimate of drug-likeness (QED) is 0.346. The molecule has 0 bridgehead atoms. The second-order valence-electron chi connectivity index (χ2n) is 14.1. The lowest BCUT2D eigenvalue weighted by molar-refractivity contribution is -0.128. The Bertz CT molecular complexity index is 1530. The zero-order valence-electron chi connectivity index (χ0n) is 28.8. The van der Waals surface area contributed by atoms with Crippen molar-refractivity contribution in [1.29, 1.82) is 5.26 Å². The van der Waals surface area contributed by atoms with Crippen LogP contribution in [0.3, 0.4) is 0 Å². The Balaban J connectivity index is 0.869. The number of halogens is 1. The highest BCUT2D eigenvalue weighted by Crippen LogP contribution is 2.33. The van der Waals surface area contributed by atoms with E-state index in [2.05, 4.69) is 54.4 Å². The summed E-state index contributed by atoms with van der Waals surface area (Å²) in [6, 6.07) is 3.09. The normalized spacial score (nSPS) is 29.9. The smallest absolute Gasteiger partial charge is 0.226 e. The van der Waals surface area contributed by atoms with Crippen LogP contribution in [0.15, 0.2) is 48.0 Å². The number of nitrogens with one attached hydrogen (secondary N) is 1. The van der Waals surface area contributed by atoms with Gasteiger partial charge in [-0.3, -0.25) is 19.5 Å². The van der Waals surface area contributed by atoms with Crippen LogP contribution in [0.1, 0.15) is 37.9 Å². The van der Waals surface area contributed by atoms with Crippen molar-refractivity contribution in [3.8, 4) is 6.07 Å². The number of likely N-dealkylation sites (tertiary alicyclic amines) is 2. The Morgan fingerprint density at radius 2 is 1.98 bits per heavy atom. The molecule has 4 saturated heterocycles. The average molecular weight is 690 g/mol. The molecule has 6 aliphatic rings. The van der Waals surface area contributed by atoms with E-state index in [9.17, 15) is 10.1 Å². The Morgan fingerprint density at radius 3 is 2.68 bits per heavy atom. The summed E-state index contributed by atoms with van der Waals surface area (Å²) < 4.78 is 32.5. The van der Waals surface area contributed by atoms with Crippen molar-refractivity contribution >= 4 is 17.4 Å². The predicted octanol–water partition coefficient (Wildman–Crippen LogP) is 2.39. The molecule has 50 heavy (non-hydrogen) atoms. The fraction of sp³-hybridized carbons (Fsp3) is 0.639. The molecule has 2 unspecified atom stereocenters. The summed E-state index contributed by atoms with van der Waals surface area (Å²) in [5.74, 6) is 1.03. The molecule has 1 aromatic heterocycles. The van der Waals surface area contributed by atoms with E-state index in [1.165, 1.54) is 11.9 Å². The van der Waals surface area contributed by atoms with Crippen molar-refractivity contribution in [2.24, 2.45) is 5.92 Å². The second-order valence-corrected chi connectivity index (χ2v) is 14.1. The summed E-state index contributed by atoms with van der Waals surface area (Å²) in [5.41, 5.74) is 2.14. The van der Waals surface area contributed by atoms with E-state index < -0.39 is 18.2 Å². The number of hydrogen-bond acceptors (Lipinski definition) is 12. The molecule has 4 aliphatic heterocycles. The summed E-state index contributed by atoms with van der Waals surface area (Å²) in [4.78, 5) is 33.9. The van der Waals surface area contributed by atoms with Crippen molar-refractivity contribution < 1.29 is 23.4 Å². The summed E-state index contributed by atoms with van der Waals surface area (Å²) >= 11 is 0. The SMILES string of the molecule is CN1C(=O)CC[C@H]1COCN1CC[C@H](OC2=CC=C(c3ncnc(NC4C=CC(CN5CCN(C6COC6)CC5)=CC4)n3)CC2C#N)[C@H](F)C1. The third kappa shape index (κ3) is 8.41. The lowest BCUT2D eigenvalue weighted by Gasteiger charge is -2.42. The van der Waals surface area contributed by atoms with E-state index in [1.807, 2.05) is 11.0 Å². The van der Waals surface area contributed by atoms with E-state index in [0.29, 0.717) is 62.7 Å². The number of ether oxygens (including phenoxy) is 3. The van der Waals surface area contributed by atoms with E-state index in [4.69, 9.17) is 14.2 Å². The Morgan fingerprint density at radius 1 is 1.12 bits per heavy atom. The maximum atomic E-state index is 15.2. The molecule has 0 spiro atoms. The lowest BCUT2D eigenvalue weighted by atomic mass is 9.92. The number of rotatable bonds is 12. The zero-order valence-corrected chi connectivity index (χ0v) is 28.8. The number of piperazine rings is 1. The molecule has 0 saturated carbocycles. The number of piperidine rings is 1. The number of allylic oxidation sites excluding steroid dienone is 4. The van der Waals surface area contributed by atoms with Gasteiger partial charge in [0.25, 0.3) is 0 Å². The molecule has 268 valence electrons. The molecule has 5 heterocycles. The van der Waals surface area contributed by atoms with Gasteiger partial charge in [-0.15, -0.1) is 0 Å². The van der Waals surface area contributed by atoms with Gasteiger partial charge in [0.2, 0.25) is 11.9 Å². The molecule has 13 nitrogen and oxygen atoms in total. The molecule has 1 amide bonds. The summed E-state index contributed by atoms with van der Waals surface area (Å²) in [5, 5.41) is 13.4. The maximum Gasteiger partial charge on any atom is 0.226 e. The average Bonchev–Trinajstić information content (AvgIpc) is 3.43. The largest absolute Gasteiger partial charge is 0.490 e. The Kier molecular flexibility index (Phi) is 11.2. The predicted molar refractivity (Wildman–Crippen MR) is 184 cm³/mol. The maximum absolute atomic E-state index is 15.2. The minimum atomic E-state index is -1.21. The molecular formula is C36H48FN9O4. The standard InChI is InChI=1S/C36H48FN9O4/c1-43-29(7-9-34(43)47)20-49-24-45-11-10-33(31(37)19-45)50-32-8-4-26(16-27(32)17-38)35-39-23-40-36(42-35)41-28-5-2-25(3-6-28)18-44-12-14-46(15-13-44)30-21-48-22-30/h2-5,8,23,27-31,33H,6-7,9-16,18-22,24H2,1H3,(H,39,40,41,42)/t27?,28?,29-,31+,33-/m0/s1. The van der Waals surface area contributed by atoms with Crippen LogP contribution >= 0.6 is 0 Å². The summed E-state index contributed by atoms with van der Waals surface area (Å²) in [7, 11) is 1.80. The van der Waals surface area contributed by atoms with Gasteiger partial charge in [-0.2, -0.15) is 10.2 Å². The topological polar surface area (TPSA) is 132 Å². The highest BCUT2D eigenvalue weighted by molar-refractivity contribution is 5.78.